The first-order valence-corrected chi connectivity index (χ1v) is 8.06. The van der Waals surface area contributed by atoms with E-state index in [4.69, 9.17) is 0 Å². The zero-order chi connectivity index (χ0) is 16.4. The molecule has 3 rings (SSSR count). The third-order valence-electron chi connectivity index (χ3n) is 4.30. The molecule has 1 heterocycles. The summed E-state index contributed by atoms with van der Waals surface area (Å²) in [6.45, 7) is 3.49. The van der Waals surface area contributed by atoms with Gasteiger partial charge in [0.1, 0.15) is 5.75 Å². The Balaban J connectivity index is 2.11. The molecule has 120 valence electrons. The second-order valence-corrected chi connectivity index (χ2v) is 6.08. The summed E-state index contributed by atoms with van der Waals surface area (Å²) in [6.07, 6.45) is 2.18. The highest BCUT2D eigenvalue weighted by atomic mass is 16.3. The summed E-state index contributed by atoms with van der Waals surface area (Å²) >= 11 is 0. The van der Waals surface area contributed by atoms with Crippen molar-refractivity contribution in [3.8, 4) is 5.75 Å². The summed E-state index contributed by atoms with van der Waals surface area (Å²) in [5.41, 5.74) is 0.923. The largest absolute Gasteiger partial charge is 0.507 e. The highest BCUT2D eigenvalue weighted by Crippen LogP contribution is 2.30. The van der Waals surface area contributed by atoms with Gasteiger partial charge >= 0.3 is 0 Å². The molecule has 2 N–H and O–H groups in total. The van der Waals surface area contributed by atoms with Crippen molar-refractivity contribution in [3.05, 3.63) is 52.3 Å². The van der Waals surface area contributed by atoms with E-state index in [0.29, 0.717) is 23.0 Å². The van der Waals surface area contributed by atoms with Gasteiger partial charge in [-0.15, -0.1) is 0 Å². The third kappa shape index (κ3) is 2.94. The average Bonchev–Trinajstić information content (AvgIpc) is 2.56. The summed E-state index contributed by atoms with van der Waals surface area (Å²) in [6, 6.07) is 11.7. The highest BCUT2D eigenvalue weighted by molar-refractivity contribution is 6.07. The van der Waals surface area contributed by atoms with Gasteiger partial charge in [-0.05, 0) is 31.5 Å². The first-order valence-electron chi connectivity index (χ1n) is 8.06. The molecule has 0 unspecified atom stereocenters. The molecule has 4 heteroatoms. The van der Waals surface area contributed by atoms with Crippen LogP contribution in [-0.4, -0.2) is 28.6 Å². The summed E-state index contributed by atoms with van der Waals surface area (Å²) < 4.78 is 0. The summed E-state index contributed by atoms with van der Waals surface area (Å²) in [5, 5.41) is 13.3. The number of unbranched alkanes of at least 4 members (excludes halogenated alkanes) is 1. The number of hydrogen-bond donors (Lipinski definition) is 2. The molecule has 0 aliphatic rings. The first-order chi connectivity index (χ1) is 11.1. The maximum atomic E-state index is 12.5. The zero-order valence-electron chi connectivity index (χ0n) is 13.6. The van der Waals surface area contributed by atoms with E-state index in [1.165, 1.54) is 0 Å². The van der Waals surface area contributed by atoms with Crippen molar-refractivity contribution in [3.63, 3.8) is 0 Å². The quantitative estimate of drug-likeness (QED) is 0.708. The number of nitrogens with one attached hydrogen (secondary N) is 1. The lowest BCUT2D eigenvalue weighted by molar-refractivity contribution is 0.313. The van der Waals surface area contributed by atoms with Gasteiger partial charge in [0.05, 0.1) is 11.1 Å². The van der Waals surface area contributed by atoms with E-state index < -0.39 is 0 Å². The number of benzene rings is 2. The van der Waals surface area contributed by atoms with Crippen molar-refractivity contribution in [1.82, 2.24) is 9.88 Å². The molecule has 23 heavy (non-hydrogen) atoms. The minimum Gasteiger partial charge on any atom is -0.507 e. The Kier molecular flexibility index (Phi) is 4.35. The second-order valence-electron chi connectivity index (χ2n) is 6.08. The number of aromatic amines is 1. The SMILES string of the molecule is CCCCN(C)Cc1c(O)c2ccc3ccccc3c2[nH]c1=O. The number of hydrogen-bond acceptors (Lipinski definition) is 3. The number of rotatable bonds is 5. The van der Waals surface area contributed by atoms with Crippen LogP contribution in [0.5, 0.6) is 5.75 Å². The van der Waals surface area contributed by atoms with Crippen molar-refractivity contribution < 1.29 is 5.11 Å². The molecular formula is C19H22N2O2. The van der Waals surface area contributed by atoms with Crippen molar-refractivity contribution in [2.45, 2.75) is 26.3 Å². The molecule has 4 nitrogen and oxygen atoms in total. The van der Waals surface area contributed by atoms with Crippen LogP contribution in [0, 0.1) is 0 Å². The molecule has 0 aliphatic carbocycles. The predicted octanol–water partition coefficient (Wildman–Crippen LogP) is 3.62. The van der Waals surface area contributed by atoms with Gasteiger partial charge in [-0.1, -0.05) is 43.7 Å². The fourth-order valence-corrected chi connectivity index (χ4v) is 2.99. The fourth-order valence-electron chi connectivity index (χ4n) is 2.99. The smallest absolute Gasteiger partial charge is 0.256 e. The average molecular weight is 310 g/mol. The molecule has 0 amide bonds. The molecule has 3 aromatic rings. The van der Waals surface area contributed by atoms with Crippen molar-refractivity contribution >= 4 is 21.7 Å². The standard InChI is InChI=1S/C19H22N2O2/c1-3-4-11-21(2)12-16-18(22)15-10-9-13-7-5-6-8-14(13)17(15)20-19(16)23/h5-10H,3-4,11-12H2,1-2H3,(H2,20,22,23). The molecule has 0 atom stereocenters. The summed E-state index contributed by atoms with van der Waals surface area (Å²) in [4.78, 5) is 17.5. The number of nitrogens with zero attached hydrogens (tertiary/aromatic N) is 1. The monoisotopic (exact) mass is 310 g/mol. The fraction of sp³-hybridized carbons (Fsp3) is 0.316. The number of pyridine rings is 1. The lowest BCUT2D eigenvalue weighted by Crippen LogP contribution is -2.24. The van der Waals surface area contributed by atoms with Gasteiger partial charge in [0.15, 0.2) is 0 Å². The molecule has 0 radical (unpaired) electrons. The Hall–Kier alpha value is -2.33. The first kappa shape index (κ1) is 15.6. The maximum Gasteiger partial charge on any atom is 0.256 e. The van der Waals surface area contributed by atoms with Crippen molar-refractivity contribution in [2.75, 3.05) is 13.6 Å². The number of aromatic nitrogens is 1. The topological polar surface area (TPSA) is 56.3 Å². The van der Waals surface area contributed by atoms with Gasteiger partial charge in [-0.3, -0.25) is 4.79 Å². The van der Waals surface area contributed by atoms with Gasteiger partial charge in [-0.2, -0.15) is 0 Å². The normalized spacial score (nSPS) is 11.6. The highest BCUT2D eigenvalue weighted by Gasteiger charge is 2.15. The molecule has 0 fully saturated rings. The lowest BCUT2D eigenvalue weighted by atomic mass is 10.0. The summed E-state index contributed by atoms with van der Waals surface area (Å²) in [7, 11) is 1.97. The van der Waals surface area contributed by atoms with Crippen LogP contribution in [0.1, 0.15) is 25.3 Å². The Morgan fingerprint density at radius 2 is 1.91 bits per heavy atom. The summed E-state index contributed by atoms with van der Waals surface area (Å²) in [5.74, 6) is 0.0952. The van der Waals surface area contributed by atoms with Crippen LogP contribution in [0.2, 0.25) is 0 Å². The van der Waals surface area contributed by atoms with E-state index in [1.54, 1.807) is 0 Å². The van der Waals surface area contributed by atoms with Gasteiger partial charge < -0.3 is 15.0 Å². The second kappa shape index (κ2) is 6.42. The molecule has 0 spiro atoms. The molecule has 1 aromatic heterocycles. The Bertz CT molecular complexity index is 899. The molecule has 0 saturated heterocycles. The van der Waals surface area contributed by atoms with Crippen LogP contribution in [0.4, 0.5) is 0 Å². The van der Waals surface area contributed by atoms with E-state index in [9.17, 15) is 9.90 Å². The molecule has 0 aliphatic heterocycles. The van der Waals surface area contributed by atoms with E-state index in [2.05, 4.69) is 16.8 Å². The Morgan fingerprint density at radius 3 is 2.70 bits per heavy atom. The predicted molar refractivity (Wildman–Crippen MR) is 95.0 cm³/mol. The van der Waals surface area contributed by atoms with Gasteiger partial charge in [0, 0.05) is 17.3 Å². The number of H-pyrrole nitrogens is 1. The van der Waals surface area contributed by atoms with Gasteiger partial charge in [-0.25, -0.2) is 0 Å². The lowest BCUT2D eigenvalue weighted by Gasteiger charge is -2.17. The molecule has 0 saturated carbocycles. The van der Waals surface area contributed by atoms with Crippen molar-refractivity contribution in [2.24, 2.45) is 0 Å². The Morgan fingerprint density at radius 1 is 1.13 bits per heavy atom. The third-order valence-corrected chi connectivity index (χ3v) is 4.30. The number of fused-ring (bicyclic) bond motifs is 3. The van der Waals surface area contributed by atoms with E-state index in [0.717, 1.165) is 30.2 Å². The van der Waals surface area contributed by atoms with Gasteiger partial charge in [0.25, 0.3) is 5.56 Å². The van der Waals surface area contributed by atoms with Crippen LogP contribution >= 0.6 is 0 Å². The van der Waals surface area contributed by atoms with Crippen LogP contribution in [0.3, 0.4) is 0 Å². The van der Waals surface area contributed by atoms with E-state index >= 15 is 0 Å². The zero-order valence-corrected chi connectivity index (χ0v) is 13.6. The maximum absolute atomic E-state index is 12.5. The number of aromatic hydroxyl groups is 1. The minimum atomic E-state index is -0.213. The molecule has 2 aromatic carbocycles. The van der Waals surface area contributed by atoms with Crippen molar-refractivity contribution in [1.29, 1.82) is 0 Å². The molecular weight excluding hydrogens is 288 g/mol. The molecule has 0 bridgehead atoms. The van der Waals surface area contributed by atoms with Crippen LogP contribution in [0.25, 0.3) is 21.7 Å². The van der Waals surface area contributed by atoms with Gasteiger partial charge in [0.2, 0.25) is 0 Å². The minimum absolute atomic E-state index is 0.0952. The van der Waals surface area contributed by atoms with Crippen LogP contribution in [0.15, 0.2) is 41.2 Å². The van der Waals surface area contributed by atoms with Crippen LogP contribution in [-0.2, 0) is 6.54 Å². The van der Waals surface area contributed by atoms with E-state index in [1.807, 2.05) is 43.4 Å². The van der Waals surface area contributed by atoms with Crippen LogP contribution < -0.4 is 5.56 Å². The van der Waals surface area contributed by atoms with E-state index in [-0.39, 0.29) is 11.3 Å². The Labute approximate surface area is 135 Å².